The fraction of sp³-hybridized carbons (Fsp3) is 0.360. The maximum Gasteiger partial charge on any atom is 0.417 e. The number of amides is 1. The third-order valence-corrected chi connectivity index (χ3v) is 6.45. The normalized spacial score (nSPS) is 17.2. The highest BCUT2D eigenvalue weighted by Crippen LogP contribution is 2.36. The third-order valence-electron chi connectivity index (χ3n) is 6.05. The van der Waals surface area contributed by atoms with Gasteiger partial charge in [0.15, 0.2) is 0 Å². The summed E-state index contributed by atoms with van der Waals surface area (Å²) in [6.07, 6.45) is 0.893. The number of hydrogen-bond donors (Lipinski definition) is 2. The van der Waals surface area contributed by atoms with Gasteiger partial charge in [-0.2, -0.15) is 18.3 Å². The summed E-state index contributed by atoms with van der Waals surface area (Å²) in [4.78, 5) is 13.1. The van der Waals surface area contributed by atoms with Crippen molar-refractivity contribution in [2.24, 2.45) is 0 Å². The number of alkyl halides is 3. The SMILES string of the molecule is CC(C)n1cc(-c2cccc([C@H](NC(=O)c3cccc(C(F)(F)F)c3Cl)[C@@H]3CCCN3)c2)cn1. The lowest BCUT2D eigenvalue weighted by Gasteiger charge is -2.26. The number of benzene rings is 2. The van der Waals surface area contributed by atoms with E-state index in [1.165, 1.54) is 12.1 Å². The van der Waals surface area contributed by atoms with E-state index >= 15 is 0 Å². The van der Waals surface area contributed by atoms with Crippen LogP contribution in [-0.4, -0.2) is 28.3 Å². The second-order valence-electron chi connectivity index (χ2n) is 8.75. The summed E-state index contributed by atoms with van der Waals surface area (Å²) < 4.78 is 41.7. The van der Waals surface area contributed by atoms with E-state index in [2.05, 4.69) is 15.7 Å². The molecule has 1 aliphatic rings. The Kier molecular flexibility index (Phi) is 7.00. The Morgan fingerprint density at radius 1 is 1.21 bits per heavy atom. The van der Waals surface area contributed by atoms with E-state index in [1.807, 2.05) is 49.0 Å². The first-order valence-electron chi connectivity index (χ1n) is 11.2. The second-order valence-corrected chi connectivity index (χ2v) is 9.13. The van der Waals surface area contributed by atoms with Crippen molar-refractivity contribution < 1.29 is 18.0 Å². The maximum atomic E-state index is 13.3. The highest BCUT2D eigenvalue weighted by atomic mass is 35.5. The number of aromatic nitrogens is 2. The Balaban J connectivity index is 1.66. The quantitative estimate of drug-likeness (QED) is 0.444. The monoisotopic (exact) mass is 490 g/mol. The van der Waals surface area contributed by atoms with E-state index in [-0.39, 0.29) is 17.6 Å². The highest BCUT2D eigenvalue weighted by Gasteiger charge is 2.35. The molecule has 1 aromatic heterocycles. The Labute approximate surface area is 201 Å². The van der Waals surface area contributed by atoms with Crippen molar-refractivity contribution in [3.63, 3.8) is 0 Å². The minimum Gasteiger partial charge on any atom is -0.344 e. The zero-order chi connectivity index (χ0) is 24.5. The Hall–Kier alpha value is -2.84. The molecule has 1 saturated heterocycles. The molecule has 2 heterocycles. The van der Waals surface area contributed by atoms with Crippen LogP contribution in [0.1, 0.15) is 60.3 Å². The molecule has 0 bridgehead atoms. The molecule has 1 aliphatic heterocycles. The zero-order valence-corrected chi connectivity index (χ0v) is 19.6. The van der Waals surface area contributed by atoms with Crippen LogP contribution in [0.2, 0.25) is 5.02 Å². The van der Waals surface area contributed by atoms with E-state index < -0.39 is 28.7 Å². The number of carbonyl (C=O) groups is 1. The van der Waals surface area contributed by atoms with Crippen molar-refractivity contribution in [1.82, 2.24) is 20.4 Å². The zero-order valence-electron chi connectivity index (χ0n) is 18.9. The molecule has 0 saturated carbocycles. The first kappa shape index (κ1) is 24.3. The smallest absolute Gasteiger partial charge is 0.344 e. The van der Waals surface area contributed by atoms with Crippen LogP contribution in [0.3, 0.4) is 0 Å². The average Bonchev–Trinajstić information content (AvgIpc) is 3.49. The van der Waals surface area contributed by atoms with Gasteiger partial charge < -0.3 is 10.6 Å². The standard InChI is InChI=1S/C25H26ClF3N4O/c1-15(2)33-14-18(13-31-33)16-6-3-7-17(12-16)23(21-10-5-11-30-21)32-24(34)19-8-4-9-20(22(19)26)25(27,28)29/h3-4,6-9,12-15,21,23,30H,5,10-11H2,1-2H3,(H,32,34)/t21-,23-/m0/s1. The average molecular weight is 491 g/mol. The van der Waals surface area contributed by atoms with E-state index in [0.29, 0.717) is 0 Å². The van der Waals surface area contributed by atoms with Gasteiger partial charge in [0.2, 0.25) is 0 Å². The van der Waals surface area contributed by atoms with E-state index in [1.54, 1.807) is 6.20 Å². The molecule has 1 fully saturated rings. The van der Waals surface area contributed by atoms with Gasteiger partial charge in [-0.1, -0.05) is 35.9 Å². The summed E-state index contributed by atoms with van der Waals surface area (Å²) in [7, 11) is 0. The molecular formula is C25H26ClF3N4O. The highest BCUT2D eigenvalue weighted by molar-refractivity contribution is 6.34. The van der Waals surface area contributed by atoms with Crippen LogP contribution in [0.5, 0.6) is 0 Å². The topological polar surface area (TPSA) is 59.0 Å². The molecule has 1 amide bonds. The Morgan fingerprint density at radius 3 is 2.62 bits per heavy atom. The van der Waals surface area contributed by atoms with E-state index in [4.69, 9.17) is 11.6 Å². The molecule has 3 aromatic rings. The third kappa shape index (κ3) is 5.13. The van der Waals surface area contributed by atoms with Crippen LogP contribution in [0.15, 0.2) is 54.9 Å². The van der Waals surface area contributed by atoms with Crippen LogP contribution < -0.4 is 10.6 Å². The lowest BCUT2D eigenvalue weighted by Crippen LogP contribution is -2.41. The molecule has 180 valence electrons. The molecule has 0 unspecified atom stereocenters. The van der Waals surface area contributed by atoms with Crippen molar-refractivity contribution >= 4 is 17.5 Å². The summed E-state index contributed by atoms with van der Waals surface area (Å²) >= 11 is 6.00. The molecule has 2 N–H and O–H groups in total. The number of rotatable bonds is 6. The maximum absolute atomic E-state index is 13.3. The van der Waals surface area contributed by atoms with Crippen molar-refractivity contribution in [2.75, 3.05) is 6.54 Å². The van der Waals surface area contributed by atoms with Crippen molar-refractivity contribution in [3.8, 4) is 11.1 Å². The largest absolute Gasteiger partial charge is 0.417 e. The lowest BCUT2D eigenvalue weighted by molar-refractivity contribution is -0.137. The summed E-state index contributed by atoms with van der Waals surface area (Å²) in [5, 5.41) is 10.1. The molecule has 0 spiro atoms. The van der Waals surface area contributed by atoms with Gasteiger partial charge in [0.05, 0.1) is 28.4 Å². The fourth-order valence-corrected chi connectivity index (χ4v) is 4.56. The van der Waals surface area contributed by atoms with Crippen molar-refractivity contribution in [1.29, 1.82) is 0 Å². The predicted molar refractivity (Wildman–Crippen MR) is 126 cm³/mol. The number of carbonyl (C=O) groups excluding carboxylic acids is 1. The van der Waals surface area contributed by atoms with E-state index in [0.717, 1.165) is 42.1 Å². The lowest BCUT2D eigenvalue weighted by atomic mass is 9.94. The Morgan fingerprint density at radius 2 is 1.97 bits per heavy atom. The first-order chi connectivity index (χ1) is 16.1. The van der Waals surface area contributed by atoms with Gasteiger partial charge in [-0.25, -0.2) is 0 Å². The summed E-state index contributed by atoms with van der Waals surface area (Å²) in [6, 6.07) is 10.9. The molecule has 34 heavy (non-hydrogen) atoms. The molecule has 2 atom stereocenters. The van der Waals surface area contributed by atoms with Gasteiger partial charge >= 0.3 is 6.18 Å². The van der Waals surface area contributed by atoms with Crippen LogP contribution in [-0.2, 0) is 6.18 Å². The summed E-state index contributed by atoms with van der Waals surface area (Å²) in [5.74, 6) is -0.646. The van der Waals surface area contributed by atoms with Crippen LogP contribution in [0.25, 0.3) is 11.1 Å². The molecular weight excluding hydrogens is 465 g/mol. The van der Waals surface area contributed by atoms with E-state index in [9.17, 15) is 18.0 Å². The van der Waals surface area contributed by atoms with Gasteiger partial charge in [-0.3, -0.25) is 9.48 Å². The van der Waals surface area contributed by atoms with Crippen LogP contribution >= 0.6 is 11.6 Å². The molecule has 0 aliphatic carbocycles. The van der Waals surface area contributed by atoms with Gasteiger partial charge in [0, 0.05) is 23.8 Å². The summed E-state index contributed by atoms with van der Waals surface area (Å²) in [6.45, 7) is 4.90. The number of nitrogens with zero attached hydrogens (tertiary/aromatic N) is 2. The predicted octanol–water partition coefficient (Wildman–Crippen LogP) is 6.03. The van der Waals surface area contributed by atoms with Crippen LogP contribution in [0, 0.1) is 0 Å². The van der Waals surface area contributed by atoms with Crippen LogP contribution in [0.4, 0.5) is 13.2 Å². The number of hydrogen-bond acceptors (Lipinski definition) is 3. The molecule has 4 rings (SSSR count). The van der Waals surface area contributed by atoms with Gasteiger partial charge in [-0.15, -0.1) is 0 Å². The molecule has 5 nitrogen and oxygen atoms in total. The molecule has 9 heteroatoms. The Bertz CT molecular complexity index is 1170. The number of halogens is 4. The van der Waals surface area contributed by atoms with Crippen molar-refractivity contribution in [2.45, 2.75) is 51.0 Å². The molecule has 2 aromatic carbocycles. The summed E-state index contributed by atoms with van der Waals surface area (Å²) in [5.41, 5.74) is 1.51. The molecule has 0 radical (unpaired) electrons. The van der Waals surface area contributed by atoms with Gasteiger partial charge in [0.1, 0.15) is 0 Å². The minimum atomic E-state index is -4.64. The first-order valence-corrected chi connectivity index (χ1v) is 11.6. The van der Waals surface area contributed by atoms with Gasteiger partial charge in [0.25, 0.3) is 5.91 Å². The number of nitrogens with one attached hydrogen (secondary N) is 2. The van der Waals surface area contributed by atoms with Crippen molar-refractivity contribution in [3.05, 3.63) is 76.6 Å². The fourth-order valence-electron chi connectivity index (χ4n) is 4.24. The minimum absolute atomic E-state index is 0.0536. The van der Waals surface area contributed by atoms with Gasteiger partial charge in [-0.05, 0) is 62.6 Å². The second kappa shape index (κ2) is 9.80.